The van der Waals surface area contributed by atoms with E-state index >= 15 is 0 Å². The second-order valence-electron chi connectivity index (χ2n) is 4.66. The maximum absolute atomic E-state index is 12.2. The number of nitrogens with one attached hydrogen (secondary N) is 2. The number of methoxy groups -OCH3 is 1. The Morgan fingerprint density at radius 1 is 1.14 bits per heavy atom. The van der Waals surface area contributed by atoms with Gasteiger partial charge in [0.05, 0.1) is 7.11 Å². The van der Waals surface area contributed by atoms with Gasteiger partial charge >= 0.3 is 0 Å². The fourth-order valence-corrected chi connectivity index (χ4v) is 1.97. The molecular weight excluding hydrogens is 264 g/mol. The van der Waals surface area contributed by atoms with E-state index in [0.717, 1.165) is 30.1 Å². The summed E-state index contributed by atoms with van der Waals surface area (Å²) in [7, 11) is 1.60. The topological polar surface area (TPSA) is 50.4 Å². The van der Waals surface area contributed by atoms with Crippen molar-refractivity contribution in [3.05, 3.63) is 59.7 Å². The largest absolute Gasteiger partial charge is 0.497 e. The SMILES string of the molecule is CCNCc1cccc(NC(=O)c2ccc(OC)cc2)c1. The second kappa shape index (κ2) is 7.45. The van der Waals surface area contributed by atoms with Crippen LogP contribution >= 0.6 is 0 Å². The molecule has 1 amide bonds. The fourth-order valence-electron chi connectivity index (χ4n) is 1.97. The maximum atomic E-state index is 12.2. The molecule has 0 unspecified atom stereocenters. The van der Waals surface area contributed by atoms with Crippen molar-refractivity contribution >= 4 is 11.6 Å². The van der Waals surface area contributed by atoms with Crippen molar-refractivity contribution in [1.82, 2.24) is 5.32 Å². The summed E-state index contributed by atoms with van der Waals surface area (Å²) in [6.07, 6.45) is 0. The lowest BCUT2D eigenvalue weighted by Gasteiger charge is -2.08. The summed E-state index contributed by atoms with van der Waals surface area (Å²) >= 11 is 0. The van der Waals surface area contributed by atoms with Gasteiger partial charge in [0.15, 0.2) is 0 Å². The highest BCUT2D eigenvalue weighted by atomic mass is 16.5. The third-order valence-electron chi connectivity index (χ3n) is 3.12. The average molecular weight is 284 g/mol. The number of ether oxygens (including phenoxy) is 1. The highest BCUT2D eigenvalue weighted by Crippen LogP contribution is 2.15. The summed E-state index contributed by atoms with van der Waals surface area (Å²) in [5.41, 5.74) is 2.54. The molecule has 0 aliphatic carbocycles. The summed E-state index contributed by atoms with van der Waals surface area (Å²) in [4.78, 5) is 12.2. The molecule has 4 heteroatoms. The highest BCUT2D eigenvalue weighted by molar-refractivity contribution is 6.04. The zero-order valence-corrected chi connectivity index (χ0v) is 12.3. The van der Waals surface area contributed by atoms with Crippen LogP contribution in [0.5, 0.6) is 5.75 Å². The van der Waals surface area contributed by atoms with E-state index in [9.17, 15) is 4.79 Å². The van der Waals surface area contributed by atoms with Crippen molar-refractivity contribution in [2.24, 2.45) is 0 Å². The Bertz CT molecular complexity index is 594. The zero-order valence-electron chi connectivity index (χ0n) is 12.3. The van der Waals surface area contributed by atoms with Crippen LogP contribution in [0.4, 0.5) is 5.69 Å². The lowest BCUT2D eigenvalue weighted by molar-refractivity contribution is 0.102. The minimum Gasteiger partial charge on any atom is -0.497 e. The first kappa shape index (κ1) is 15.1. The lowest BCUT2D eigenvalue weighted by atomic mass is 10.1. The minimum absolute atomic E-state index is 0.127. The molecule has 2 N–H and O–H groups in total. The first-order valence-corrected chi connectivity index (χ1v) is 6.98. The highest BCUT2D eigenvalue weighted by Gasteiger charge is 2.06. The van der Waals surface area contributed by atoms with Gasteiger partial charge in [0.25, 0.3) is 5.91 Å². The molecule has 0 spiro atoms. The van der Waals surface area contributed by atoms with E-state index < -0.39 is 0 Å². The summed E-state index contributed by atoms with van der Waals surface area (Å²) < 4.78 is 5.08. The van der Waals surface area contributed by atoms with Gasteiger partial charge < -0.3 is 15.4 Å². The Morgan fingerprint density at radius 3 is 2.57 bits per heavy atom. The smallest absolute Gasteiger partial charge is 0.255 e. The Morgan fingerprint density at radius 2 is 1.90 bits per heavy atom. The van der Waals surface area contributed by atoms with Crippen LogP contribution < -0.4 is 15.4 Å². The molecule has 0 bridgehead atoms. The molecule has 110 valence electrons. The molecule has 21 heavy (non-hydrogen) atoms. The normalized spacial score (nSPS) is 10.2. The molecule has 0 aliphatic heterocycles. The molecule has 0 saturated carbocycles. The molecule has 0 aromatic heterocycles. The van der Waals surface area contributed by atoms with Gasteiger partial charge in [0, 0.05) is 17.8 Å². The molecule has 2 aromatic carbocycles. The summed E-state index contributed by atoms with van der Waals surface area (Å²) in [6.45, 7) is 3.78. The van der Waals surface area contributed by atoms with Gasteiger partial charge in [0.1, 0.15) is 5.75 Å². The van der Waals surface area contributed by atoms with Gasteiger partial charge in [-0.2, -0.15) is 0 Å². The molecule has 0 atom stereocenters. The van der Waals surface area contributed by atoms with Crippen molar-refractivity contribution in [2.45, 2.75) is 13.5 Å². The zero-order chi connectivity index (χ0) is 15.1. The number of rotatable bonds is 6. The molecular formula is C17H20N2O2. The standard InChI is InChI=1S/C17H20N2O2/c1-3-18-12-13-5-4-6-15(11-13)19-17(20)14-7-9-16(21-2)10-8-14/h4-11,18H,3,12H2,1-2H3,(H,19,20). The second-order valence-corrected chi connectivity index (χ2v) is 4.66. The quantitative estimate of drug-likeness (QED) is 0.857. The first-order chi connectivity index (χ1) is 10.2. The Balaban J connectivity index is 2.04. The van der Waals surface area contributed by atoms with Crippen LogP contribution in [-0.4, -0.2) is 19.6 Å². The summed E-state index contributed by atoms with van der Waals surface area (Å²) in [5, 5.41) is 6.17. The summed E-state index contributed by atoms with van der Waals surface area (Å²) in [6, 6.07) is 14.9. The number of anilines is 1. The number of carbonyl (C=O) groups excluding carboxylic acids is 1. The van der Waals surface area contributed by atoms with Crippen LogP contribution in [0.25, 0.3) is 0 Å². The summed E-state index contributed by atoms with van der Waals surface area (Å²) in [5.74, 6) is 0.609. The average Bonchev–Trinajstić information content (AvgIpc) is 2.53. The first-order valence-electron chi connectivity index (χ1n) is 6.98. The predicted octanol–water partition coefficient (Wildman–Crippen LogP) is 3.06. The van der Waals surface area contributed by atoms with E-state index in [0.29, 0.717) is 5.56 Å². The Hall–Kier alpha value is -2.33. The lowest BCUT2D eigenvalue weighted by Crippen LogP contribution is -2.14. The van der Waals surface area contributed by atoms with Gasteiger partial charge in [0.2, 0.25) is 0 Å². The van der Waals surface area contributed by atoms with Crippen LogP contribution in [-0.2, 0) is 6.54 Å². The molecule has 0 heterocycles. The molecule has 2 aromatic rings. The van der Waals surface area contributed by atoms with E-state index in [1.807, 2.05) is 24.3 Å². The van der Waals surface area contributed by atoms with Gasteiger partial charge in [-0.05, 0) is 48.5 Å². The van der Waals surface area contributed by atoms with Crippen molar-refractivity contribution in [3.63, 3.8) is 0 Å². The Labute approximate surface area is 125 Å². The van der Waals surface area contributed by atoms with E-state index in [1.165, 1.54) is 0 Å². The Kier molecular flexibility index (Phi) is 5.35. The van der Waals surface area contributed by atoms with Crippen LogP contribution in [0.3, 0.4) is 0 Å². The fraction of sp³-hybridized carbons (Fsp3) is 0.235. The number of amides is 1. The molecule has 0 fully saturated rings. The molecule has 0 aliphatic rings. The van der Waals surface area contributed by atoms with E-state index in [2.05, 4.69) is 17.6 Å². The monoisotopic (exact) mass is 284 g/mol. The predicted molar refractivity (Wildman–Crippen MR) is 84.8 cm³/mol. The molecule has 0 saturated heterocycles. The number of hydrogen-bond donors (Lipinski definition) is 2. The van der Waals surface area contributed by atoms with E-state index in [-0.39, 0.29) is 5.91 Å². The van der Waals surface area contributed by atoms with Crippen molar-refractivity contribution in [3.8, 4) is 5.75 Å². The van der Waals surface area contributed by atoms with E-state index in [1.54, 1.807) is 31.4 Å². The van der Waals surface area contributed by atoms with Crippen LogP contribution in [0.15, 0.2) is 48.5 Å². The van der Waals surface area contributed by atoms with Crippen LogP contribution in [0, 0.1) is 0 Å². The number of benzene rings is 2. The third kappa shape index (κ3) is 4.33. The maximum Gasteiger partial charge on any atom is 0.255 e. The van der Waals surface area contributed by atoms with Crippen LogP contribution in [0.2, 0.25) is 0 Å². The third-order valence-corrected chi connectivity index (χ3v) is 3.12. The van der Waals surface area contributed by atoms with Crippen molar-refractivity contribution in [1.29, 1.82) is 0 Å². The number of carbonyl (C=O) groups is 1. The van der Waals surface area contributed by atoms with Crippen molar-refractivity contribution in [2.75, 3.05) is 19.0 Å². The molecule has 4 nitrogen and oxygen atoms in total. The molecule has 0 radical (unpaired) electrons. The van der Waals surface area contributed by atoms with Gasteiger partial charge in [-0.1, -0.05) is 19.1 Å². The van der Waals surface area contributed by atoms with Crippen LogP contribution in [0.1, 0.15) is 22.8 Å². The number of hydrogen-bond acceptors (Lipinski definition) is 3. The van der Waals surface area contributed by atoms with E-state index in [4.69, 9.17) is 4.74 Å². The minimum atomic E-state index is -0.127. The van der Waals surface area contributed by atoms with Gasteiger partial charge in [-0.3, -0.25) is 4.79 Å². The van der Waals surface area contributed by atoms with Gasteiger partial charge in [-0.15, -0.1) is 0 Å². The van der Waals surface area contributed by atoms with Gasteiger partial charge in [-0.25, -0.2) is 0 Å². The van der Waals surface area contributed by atoms with Crippen molar-refractivity contribution < 1.29 is 9.53 Å². The molecule has 2 rings (SSSR count).